The summed E-state index contributed by atoms with van der Waals surface area (Å²) < 4.78 is 0. The molecule has 2 aliphatic rings. The molecule has 1 aromatic rings. The number of fused-ring (bicyclic) bond motifs is 2. The first-order chi connectivity index (χ1) is 8.72. The Morgan fingerprint density at radius 3 is 2.33 bits per heavy atom. The standard InChI is InChI=1S/C15H20N2O/c1-16-13-7-15(18)8-14(16)11-17(10-13)9-12-5-3-2-4-6-12/h2-6,13-14H,7-11H2,1H3. The number of piperazine rings is 1. The lowest BCUT2D eigenvalue weighted by Crippen LogP contribution is -2.60. The van der Waals surface area contributed by atoms with Gasteiger partial charge < -0.3 is 0 Å². The third kappa shape index (κ3) is 2.33. The van der Waals surface area contributed by atoms with Crippen LogP contribution in [0, 0.1) is 0 Å². The molecule has 0 radical (unpaired) electrons. The molecule has 18 heavy (non-hydrogen) atoms. The summed E-state index contributed by atoms with van der Waals surface area (Å²) in [7, 11) is 2.17. The van der Waals surface area contributed by atoms with E-state index in [9.17, 15) is 4.79 Å². The number of hydrogen-bond donors (Lipinski definition) is 0. The van der Waals surface area contributed by atoms with Crippen LogP contribution in [0.15, 0.2) is 30.3 Å². The molecule has 0 spiro atoms. The summed E-state index contributed by atoms with van der Waals surface area (Å²) >= 11 is 0. The Hall–Kier alpha value is -1.19. The van der Waals surface area contributed by atoms with Crippen LogP contribution in [0.1, 0.15) is 18.4 Å². The Bertz CT molecular complexity index is 413. The Kier molecular flexibility index (Phi) is 3.18. The summed E-state index contributed by atoms with van der Waals surface area (Å²) in [4.78, 5) is 16.5. The van der Waals surface area contributed by atoms with Crippen molar-refractivity contribution in [1.29, 1.82) is 0 Å². The zero-order valence-electron chi connectivity index (χ0n) is 10.9. The van der Waals surface area contributed by atoms with E-state index in [0.717, 1.165) is 32.5 Å². The highest BCUT2D eigenvalue weighted by Crippen LogP contribution is 2.26. The Morgan fingerprint density at radius 1 is 1.11 bits per heavy atom. The lowest BCUT2D eigenvalue weighted by Gasteiger charge is -2.47. The second-order valence-corrected chi connectivity index (χ2v) is 5.60. The highest BCUT2D eigenvalue weighted by atomic mass is 16.1. The highest BCUT2D eigenvalue weighted by Gasteiger charge is 2.38. The molecule has 96 valence electrons. The lowest BCUT2D eigenvalue weighted by atomic mass is 9.91. The van der Waals surface area contributed by atoms with Crippen molar-refractivity contribution in [3.8, 4) is 0 Å². The molecule has 2 unspecified atom stereocenters. The zero-order valence-corrected chi connectivity index (χ0v) is 10.9. The fraction of sp³-hybridized carbons (Fsp3) is 0.533. The third-order valence-corrected chi connectivity index (χ3v) is 4.27. The average molecular weight is 244 g/mol. The van der Waals surface area contributed by atoms with Gasteiger partial charge >= 0.3 is 0 Å². The molecule has 2 bridgehead atoms. The topological polar surface area (TPSA) is 23.6 Å². The van der Waals surface area contributed by atoms with Crippen LogP contribution in [0.4, 0.5) is 0 Å². The smallest absolute Gasteiger partial charge is 0.136 e. The zero-order chi connectivity index (χ0) is 12.5. The molecule has 1 aromatic carbocycles. The highest BCUT2D eigenvalue weighted by molar-refractivity contribution is 5.80. The van der Waals surface area contributed by atoms with Crippen LogP contribution in [0.3, 0.4) is 0 Å². The van der Waals surface area contributed by atoms with Crippen molar-refractivity contribution < 1.29 is 4.79 Å². The van der Waals surface area contributed by atoms with Crippen molar-refractivity contribution in [2.24, 2.45) is 0 Å². The van der Waals surface area contributed by atoms with Gasteiger partial charge in [0.05, 0.1) is 0 Å². The monoisotopic (exact) mass is 244 g/mol. The largest absolute Gasteiger partial charge is 0.300 e. The van der Waals surface area contributed by atoms with Gasteiger partial charge in [0.2, 0.25) is 0 Å². The lowest BCUT2D eigenvalue weighted by molar-refractivity contribution is -0.128. The second-order valence-electron chi connectivity index (χ2n) is 5.60. The Balaban J connectivity index is 1.68. The van der Waals surface area contributed by atoms with E-state index in [4.69, 9.17) is 0 Å². The fourth-order valence-electron chi connectivity index (χ4n) is 3.22. The van der Waals surface area contributed by atoms with Crippen molar-refractivity contribution in [1.82, 2.24) is 9.80 Å². The van der Waals surface area contributed by atoms with Crippen molar-refractivity contribution in [2.75, 3.05) is 20.1 Å². The van der Waals surface area contributed by atoms with Crippen molar-refractivity contribution >= 4 is 5.78 Å². The van der Waals surface area contributed by atoms with E-state index in [2.05, 4.69) is 47.2 Å². The van der Waals surface area contributed by atoms with Crippen molar-refractivity contribution in [3.05, 3.63) is 35.9 Å². The molecule has 2 fully saturated rings. The van der Waals surface area contributed by atoms with E-state index in [1.54, 1.807) is 0 Å². The molecule has 0 N–H and O–H groups in total. The number of piperidine rings is 1. The van der Waals surface area contributed by atoms with Gasteiger partial charge in [-0.05, 0) is 12.6 Å². The first-order valence-electron chi connectivity index (χ1n) is 6.72. The molecule has 2 saturated heterocycles. The van der Waals surface area contributed by atoms with Gasteiger partial charge in [0, 0.05) is 44.6 Å². The third-order valence-electron chi connectivity index (χ3n) is 4.27. The number of nitrogens with zero attached hydrogens (tertiary/aromatic N) is 2. The van der Waals surface area contributed by atoms with E-state index in [1.165, 1.54) is 5.56 Å². The minimum Gasteiger partial charge on any atom is -0.300 e. The van der Waals surface area contributed by atoms with Crippen LogP contribution in [0.2, 0.25) is 0 Å². The van der Waals surface area contributed by atoms with Gasteiger partial charge in [-0.1, -0.05) is 30.3 Å². The van der Waals surface area contributed by atoms with E-state index in [1.807, 2.05) is 0 Å². The summed E-state index contributed by atoms with van der Waals surface area (Å²) in [6, 6.07) is 11.5. The number of Topliss-reactive ketones (excluding diaryl/α,β-unsaturated/α-hetero) is 1. The van der Waals surface area contributed by atoms with Crippen LogP contribution >= 0.6 is 0 Å². The van der Waals surface area contributed by atoms with Gasteiger partial charge in [-0.2, -0.15) is 0 Å². The predicted molar refractivity (Wildman–Crippen MR) is 71.3 cm³/mol. The normalized spacial score (nSPS) is 29.5. The Labute approximate surface area is 108 Å². The number of likely N-dealkylation sites (N-methyl/N-ethyl adjacent to an activating group) is 1. The van der Waals surface area contributed by atoms with Gasteiger partial charge in [-0.3, -0.25) is 14.6 Å². The molecule has 3 nitrogen and oxygen atoms in total. The van der Waals surface area contributed by atoms with E-state index >= 15 is 0 Å². The second kappa shape index (κ2) is 4.82. The van der Waals surface area contributed by atoms with Crippen molar-refractivity contribution in [3.63, 3.8) is 0 Å². The van der Waals surface area contributed by atoms with Crippen LogP contribution in [0.5, 0.6) is 0 Å². The molecule has 0 aliphatic carbocycles. The number of benzene rings is 1. The molecule has 0 aromatic heterocycles. The van der Waals surface area contributed by atoms with Crippen molar-refractivity contribution in [2.45, 2.75) is 31.5 Å². The van der Waals surface area contributed by atoms with Crippen LogP contribution in [0.25, 0.3) is 0 Å². The first-order valence-corrected chi connectivity index (χ1v) is 6.72. The molecular formula is C15H20N2O. The Morgan fingerprint density at radius 2 is 1.72 bits per heavy atom. The molecule has 2 heterocycles. The quantitative estimate of drug-likeness (QED) is 0.788. The number of hydrogen-bond acceptors (Lipinski definition) is 3. The maximum Gasteiger partial charge on any atom is 0.136 e. The average Bonchev–Trinajstić information content (AvgIpc) is 2.33. The minimum atomic E-state index is 0.425. The maximum absolute atomic E-state index is 11.6. The summed E-state index contributed by atoms with van der Waals surface area (Å²) in [6.07, 6.45) is 1.47. The molecule has 3 heteroatoms. The van der Waals surface area contributed by atoms with Gasteiger partial charge in [-0.15, -0.1) is 0 Å². The van der Waals surface area contributed by atoms with E-state index in [0.29, 0.717) is 17.9 Å². The molecule has 0 amide bonds. The van der Waals surface area contributed by atoms with Gasteiger partial charge in [0.25, 0.3) is 0 Å². The van der Waals surface area contributed by atoms with Crippen LogP contribution < -0.4 is 0 Å². The summed E-state index contributed by atoms with van der Waals surface area (Å²) in [5.74, 6) is 0.447. The molecule has 3 rings (SSSR count). The number of carbonyl (C=O) groups excluding carboxylic acids is 1. The van der Waals surface area contributed by atoms with Gasteiger partial charge in [0.15, 0.2) is 0 Å². The number of ketones is 1. The van der Waals surface area contributed by atoms with Gasteiger partial charge in [0.1, 0.15) is 5.78 Å². The molecule has 0 saturated carbocycles. The van der Waals surface area contributed by atoms with Crippen LogP contribution in [-0.4, -0.2) is 47.8 Å². The summed E-state index contributed by atoms with van der Waals surface area (Å²) in [6.45, 7) is 3.05. The summed E-state index contributed by atoms with van der Waals surface area (Å²) in [5.41, 5.74) is 1.37. The molecule has 2 atom stereocenters. The number of rotatable bonds is 2. The van der Waals surface area contributed by atoms with E-state index in [-0.39, 0.29) is 0 Å². The SMILES string of the molecule is CN1C2CC(=O)CC1CN(Cc1ccccc1)C2. The van der Waals surface area contributed by atoms with Crippen LogP contribution in [-0.2, 0) is 11.3 Å². The molecule has 2 aliphatic heterocycles. The fourth-order valence-corrected chi connectivity index (χ4v) is 3.22. The maximum atomic E-state index is 11.6. The van der Waals surface area contributed by atoms with E-state index < -0.39 is 0 Å². The first kappa shape index (κ1) is 11.9. The van der Waals surface area contributed by atoms with Gasteiger partial charge in [-0.25, -0.2) is 0 Å². The molecular weight excluding hydrogens is 224 g/mol. The summed E-state index contributed by atoms with van der Waals surface area (Å²) in [5, 5.41) is 0. The number of likely N-dealkylation sites (tertiary alicyclic amines) is 1. The number of carbonyl (C=O) groups is 1. The predicted octanol–water partition coefficient (Wildman–Crippen LogP) is 1.53. The minimum absolute atomic E-state index is 0.425.